The second kappa shape index (κ2) is 4.98. The molecule has 0 aliphatic rings. The van der Waals surface area contributed by atoms with Crippen molar-refractivity contribution < 1.29 is 0 Å². The third kappa shape index (κ3) is 3.42. The molecule has 2 aromatic rings. The van der Waals surface area contributed by atoms with Crippen LogP contribution in [0.3, 0.4) is 0 Å². The van der Waals surface area contributed by atoms with Crippen LogP contribution in [0.15, 0.2) is 6.20 Å². The van der Waals surface area contributed by atoms with Gasteiger partial charge in [-0.05, 0) is 20.1 Å². The van der Waals surface area contributed by atoms with E-state index >= 15 is 0 Å². The number of hydrogen-bond acceptors (Lipinski definition) is 5. The highest BCUT2D eigenvalue weighted by Gasteiger charge is 2.20. The standard InChI is InChI=1S/C13H22N4S2/c1-12(2,3)9-7-17-11(15-9)19-10(16-17)14-8-13(4,5)18-6/h7H,8H2,1-6H3,(H,14,16). The number of aromatic nitrogens is 3. The zero-order valence-electron chi connectivity index (χ0n) is 12.4. The van der Waals surface area contributed by atoms with Gasteiger partial charge in [0.25, 0.3) is 0 Å². The number of nitrogens with zero attached hydrogens (tertiary/aromatic N) is 3. The molecule has 0 fully saturated rings. The van der Waals surface area contributed by atoms with Gasteiger partial charge in [-0.2, -0.15) is 11.8 Å². The van der Waals surface area contributed by atoms with Gasteiger partial charge >= 0.3 is 0 Å². The van der Waals surface area contributed by atoms with Gasteiger partial charge in [0.1, 0.15) is 0 Å². The Kier molecular flexibility index (Phi) is 3.84. The topological polar surface area (TPSA) is 42.2 Å². The minimum Gasteiger partial charge on any atom is -0.359 e. The Morgan fingerprint density at radius 3 is 2.53 bits per heavy atom. The van der Waals surface area contributed by atoms with Crippen molar-refractivity contribution in [1.29, 1.82) is 0 Å². The molecule has 4 nitrogen and oxygen atoms in total. The third-order valence-electron chi connectivity index (χ3n) is 3.03. The van der Waals surface area contributed by atoms with Gasteiger partial charge in [0.2, 0.25) is 10.1 Å². The number of rotatable bonds is 4. The van der Waals surface area contributed by atoms with E-state index in [1.54, 1.807) is 11.3 Å². The van der Waals surface area contributed by atoms with Crippen molar-refractivity contribution in [3.8, 4) is 0 Å². The maximum Gasteiger partial charge on any atom is 0.214 e. The number of hydrogen-bond donors (Lipinski definition) is 1. The summed E-state index contributed by atoms with van der Waals surface area (Å²) < 4.78 is 2.09. The molecule has 0 aliphatic heterocycles. The van der Waals surface area contributed by atoms with E-state index in [2.05, 4.69) is 56.3 Å². The first-order valence-corrected chi connectivity index (χ1v) is 8.41. The zero-order valence-corrected chi connectivity index (χ0v) is 14.1. The second-order valence-corrected chi connectivity index (χ2v) is 8.80. The largest absolute Gasteiger partial charge is 0.359 e. The van der Waals surface area contributed by atoms with Crippen molar-refractivity contribution in [2.75, 3.05) is 18.1 Å². The Hall–Kier alpha value is -0.750. The summed E-state index contributed by atoms with van der Waals surface area (Å²) in [5.74, 6) is 0. The number of anilines is 1. The number of thioether (sulfide) groups is 1. The molecule has 106 valence electrons. The Morgan fingerprint density at radius 2 is 2.00 bits per heavy atom. The highest BCUT2D eigenvalue weighted by molar-refractivity contribution is 7.99. The van der Waals surface area contributed by atoms with Gasteiger partial charge in [0.05, 0.1) is 11.9 Å². The second-order valence-electron chi connectivity index (χ2n) is 6.33. The van der Waals surface area contributed by atoms with Crippen LogP contribution in [0.25, 0.3) is 4.96 Å². The summed E-state index contributed by atoms with van der Waals surface area (Å²) >= 11 is 3.46. The molecule has 0 aromatic carbocycles. The lowest BCUT2D eigenvalue weighted by molar-refractivity contribution is 0.572. The highest BCUT2D eigenvalue weighted by Crippen LogP contribution is 2.27. The molecule has 0 atom stereocenters. The van der Waals surface area contributed by atoms with E-state index in [9.17, 15) is 0 Å². The van der Waals surface area contributed by atoms with Gasteiger partial charge in [-0.3, -0.25) is 0 Å². The summed E-state index contributed by atoms with van der Waals surface area (Å²) in [6, 6.07) is 0. The normalized spacial score (nSPS) is 13.2. The third-order valence-corrected chi connectivity index (χ3v) is 5.16. The number of imidazole rings is 1. The summed E-state index contributed by atoms with van der Waals surface area (Å²) in [4.78, 5) is 5.60. The minimum absolute atomic E-state index is 0.0713. The molecule has 0 spiro atoms. The molecule has 0 unspecified atom stereocenters. The van der Waals surface area contributed by atoms with Crippen LogP contribution >= 0.6 is 23.1 Å². The lowest BCUT2D eigenvalue weighted by Crippen LogP contribution is -2.25. The van der Waals surface area contributed by atoms with Crippen LogP contribution in [0.4, 0.5) is 5.13 Å². The summed E-state index contributed by atoms with van der Waals surface area (Å²) in [5.41, 5.74) is 1.16. The van der Waals surface area contributed by atoms with Gasteiger partial charge in [0.15, 0.2) is 0 Å². The quantitative estimate of drug-likeness (QED) is 0.935. The van der Waals surface area contributed by atoms with Crippen LogP contribution in [0.2, 0.25) is 0 Å². The Labute approximate surface area is 123 Å². The Bertz CT molecular complexity index is 531. The predicted octanol–water partition coefficient (Wildman–Crippen LogP) is 3.64. The summed E-state index contributed by atoms with van der Waals surface area (Å²) in [5, 5.41) is 8.87. The van der Waals surface area contributed by atoms with Crippen LogP contribution in [0, 0.1) is 0 Å². The molecule has 2 aromatic heterocycles. The molecule has 0 radical (unpaired) electrons. The zero-order chi connectivity index (χ0) is 14.3. The minimum atomic E-state index is 0.0713. The van der Waals surface area contributed by atoms with Gasteiger partial charge in [-0.1, -0.05) is 32.1 Å². The fourth-order valence-electron chi connectivity index (χ4n) is 1.49. The van der Waals surface area contributed by atoms with E-state index in [0.717, 1.165) is 22.3 Å². The van der Waals surface area contributed by atoms with Crippen LogP contribution in [-0.4, -0.2) is 32.1 Å². The van der Waals surface area contributed by atoms with Crippen molar-refractivity contribution in [2.45, 2.75) is 44.8 Å². The Balaban J connectivity index is 2.13. The van der Waals surface area contributed by atoms with E-state index in [4.69, 9.17) is 0 Å². The summed E-state index contributed by atoms with van der Waals surface area (Å²) in [6.45, 7) is 11.8. The molecule has 0 saturated carbocycles. The average molecular weight is 298 g/mol. The van der Waals surface area contributed by atoms with E-state index in [-0.39, 0.29) is 10.2 Å². The van der Waals surface area contributed by atoms with Crippen LogP contribution in [-0.2, 0) is 5.41 Å². The average Bonchev–Trinajstić information content (AvgIpc) is 2.83. The van der Waals surface area contributed by atoms with Crippen molar-refractivity contribution >= 4 is 33.2 Å². The van der Waals surface area contributed by atoms with Crippen molar-refractivity contribution in [2.24, 2.45) is 0 Å². The molecule has 0 bridgehead atoms. The fourth-order valence-corrected chi connectivity index (χ4v) is 2.49. The summed E-state index contributed by atoms with van der Waals surface area (Å²) in [7, 11) is 0. The number of fused-ring (bicyclic) bond motifs is 1. The first-order chi connectivity index (χ1) is 8.71. The highest BCUT2D eigenvalue weighted by atomic mass is 32.2. The molecule has 6 heteroatoms. The molecule has 0 saturated heterocycles. The molecule has 19 heavy (non-hydrogen) atoms. The molecular formula is C13H22N4S2. The first kappa shape index (κ1) is 14.7. The van der Waals surface area contributed by atoms with Gasteiger partial charge in [-0.25, -0.2) is 9.50 Å². The van der Waals surface area contributed by atoms with Crippen LogP contribution in [0.5, 0.6) is 0 Å². The maximum atomic E-state index is 4.64. The van der Waals surface area contributed by atoms with Gasteiger partial charge in [0, 0.05) is 16.7 Å². The monoisotopic (exact) mass is 298 g/mol. The lowest BCUT2D eigenvalue weighted by Gasteiger charge is -2.21. The predicted molar refractivity (Wildman–Crippen MR) is 85.6 cm³/mol. The van der Waals surface area contributed by atoms with Crippen molar-refractivity contribution in [1.82, 2.24) is 14.6 Å². The Morgan fingerprint density at radius 1 is 1.32 bits per heavy atom. The molecule has 0 amide bonds. The van der Waals surface area contributed by atoms with E-state index in [1.165, 1.54) is 0 Å². The van der Waals surface area contributed by atoms with Gasteiger partial charge < -0.3 is 5.32 Å². The summed E-state index contributed by atoms with van der Waals surface area (Å²) in [6.07, 6.45) is 4.16. The molecular weight excluding hydrogens is 276 g/mol. The smallest absolute Gasteiger partial charge is 0.214 e. The van der Waals surface area contributed by atoms with Crippen molar-refractivity contribution in [3.63, 3.8) is 0 Å². The molecule has 1 N–H and O–H groups in total. The molecule has 0 aliphatic carbocycles. The molecule has 2 rings (SSSR count). The maximum absolute atomic E-state index is 4.64. The first-order valence-electron chi connectivity index (χ1n) is 6.37. The van der Waals surface area contributed by atoms with E-state index in [1.807, 2.05) is 22.5 Å². The van der Waals surface area contributed by atoms with E-state index < -0.39 is 0 Å². The number of nitrogens with one attached hydrogen (secondary N) is 1. The van der Waals surface area contributed by atoms with Gasteiger partial charge in [-0.15, -0.1) is 5.10 Å². The van der Waals surface area contributed by atoms with Crippen LogP contribution < -0.4 is 5.32 Å². The van der Waals surface area contributed by atoms with Crippen molar-refractivity contribution in [3.05, 3.63) is 11.9 Å². The van der Waals surface area contributed by atoms with E-state index in [0.29, 0.717) is 0 Å². The fraction of sp³-hybridized carbons (Fsp3) is 0.692. The lowest BCUT2D eigenvalue weighted by atomic mass is 9.93. The molecule has 2 heterocycles. The SMILES string of the molecule is CSC(C)(C)CNc1nn2cc(C(C)(C)C)nc2s1. The van der Waals surface area contributed by atoms with Crippen LogP contribution in [0.1, 0.15) is 40.3 Å².